The van der Waals surface area contributed by atoms with Gasteiger partial charge in [-0.2, -0.15) is 0 Å². The molecule has 0 N–H and O–H groups in total. The van der Waals surface area contributed by atoms with Gasteiger partial charge in [0.2, 0.25) is 0 Å². The summed E-state index contributed by atoms with van der Waals surface area (Å²) in [4.78, 5) is 0. The Balaban J connectivity index is 1.62. The summed E-state index contributed by atoms with van der Waals surface area (Å²) in [6.45, 7) is 14.1. The van der Waals surface area contributed by atoms with Gasteiger partial charge in [0, 0.05) is 0 Å². The lowest BCUT2D eigenvalue weighted by Gasteiger charge is -2.38. The van der Waals surface area contributed by atoms with Gasteiger partial charge in [-0.15, -0.1) is 0 Å². The zero-order valence-corrected chi connectivity index (χ0v) is 24.0. The van der Waals surface area contributed by atoms with Crippen molar-refractivity contribution in [3.8, 4) is 11.1 Å². The summed E-state index contributed by atoms with van der Waals surface area (Å²) in [6.07, 6.45) is 5.97. The molecule has 192 valence electrons. The molecule has 0 atom stereocenters. The van der Waals surface area contributed by atoms with Gasteiger partial charge in [0.25, 0.3) is 0 Å². The molecule has 0 unspecified atom stereocenters. The van der Waals surface area contributed by atoms with E-state index in [0.29, 0.717) is 0 Å². The number of hydrogen-bond acceptors (Lipinski definition) is 0. The second-order valence-corrected chi connectivity index (χ2v) is 13.7. The molecule has 0 aromatic heterocycles. The maximum absolute atomic E-state index is 2.58. The highest BCUT2D eigenvalue weighted by Gasteiger charge is 2.48. The number of fused-ring (bicyclic) bond motifs is 5. The van der Waals surface area contributed by atoms with E-state index in [9.17, 15) is 0 Å². The van der Waals surface area contributed by atoms with E-state index in [2.05, 4.69) is 114 Å². The van der Waals surface area contributed by atoms with Crippen LogP contribution in [0.2, 0.25) is 0 Å². The Kier molecular flexibility index (Phi) is 5.01. The first-order valence-corrected chi connectivity index (χ1v) is 14.7. The van der Waals surface area contributed by atoms with Crippen molar-refractivity contribution in [2.75, 3.05) is 0 Å². The van der Waals surface area contributed by atoms with E-state index >= 15 is 0 Å². The fourth-order valence-corrected chi connectivity index (χ4v) is 7.06. The van der Waals surface area contributed by atoms with Crippen LogP contribution in [0.25, 0.3) is 11.1 Å². The van der Waals surface area contributed by atoms with Crippen molar-refractivity contribution in [1.82, 2.24) is 0 Å². The van der Waals surface area contributed by atoms with Gasteiger partial charge in [-0.3, -0.25) is 0 Å². The lowest BCUT2D eigenvalue weighted by atomic mass is 9.64. The molecule has 4 aromatic carbocycles. The summed E-state index contributed by atoms with van der Waals surface area (Å²) >= 11 is 0. The van der Waals surface area contributed by atoms with Gasteiger partial charge in [-0.05, 0) is 110 Å². The van der Waals surface area contributed by atoms with Crippen LogP contribution in [-0.2, 0) is 41.9 Å². The molecule has 7 rings (SSSR count). The molecule has 4 aromatic rings. The Morgan fingerprint density at radius 3 is 1.45 bits per heavy atom. The molecule has 0 heteroatoms. The van der Waals surface area contributed by atoms with Crippen molar-refractivity contribution < 1.29 is 0 Å². The van der Waals surface area contributed by atoms with Gasteiger partial charge in [0.05, 0.1) is 5.41 Å². The summed E-state index contributed by atoms with van der Waals surface area (Å²) < 4.78 is 0. The Labute approximate surface area is 229 Å². The highest BCUT2D eigenvalue weighted by molar-refractivity contribution is 5.87. The van der Waals surface area contributed by atoms with E-state index in [4.69, 9.17) is 0 Å². The van der Waals surface area contributed by atoms with Crippen molar-refractivity contribution in [2.24, 2.45) is 0 Å². The predicted octanol–water partition coefficient (Wildman–Crippen LogP) is 9.23. The quantitative estimate of drug-likeness (QED) is 0.233. The van der Waals surface area contributed by atoms with E-state index in [1.54, 1.807) is 0 Å². The maximum atomic E-state index is 2.58. The lowest BCUT2D eigenvalue weighted by molar-refractivity contribution is 0.505. The standard InChI is InChI=1S/C38H40/c1-7-37(5,6)29-17-19-33-32-18-16-28(36(2,3)4)22-34(32)38(35(33)23-29,30-14-12-24-8-10-26(24)20-30)31-15-13-25-9-11-27(25)21-31/h12-23H,7-11H2,1-6H3. The summed E-state index contributed by atoms with van der Waals surface area (Å²) in [5.74, 6) is 0. The van der Waals surface area contributed by atoms with Gasteiger partial charge in [-0.25, -0.2) is 0 Å². The number of hydrogen-bond donors (Lipinski definition) is 0. The summed E-state index contributed by atoms with van der Waals surface area (Å²) in [6, 6.07) is 29.6. The first-order chi connectivity index (χ1) is 18.1. The largest absolute Gasteiger partial charge is 0.0713 e. The highest BCUT2D eigenvalue weighted by Crippen LogP contribution is 2.58. The van der Waals surface area contributed by atoms with Gasteiger partial charge in [-0.1, -0.05) is 114 Å². The van der Waals surface area contributed by atoms with Crippen LogP contribution >= 0.6 is 0 Å². The van der Waals surface area contributed by atoms with Gasteiger partial charge < -0.3 is 0 Å². The molecular formula is C38H40. The third-order valence-electron chi connectivity index (χ3n) is 10.3. The molecule has 0 spiro atoms. The average molecular weight is 497 g/mol. The summed E-state index contributed by atoms with van der Waals surface area (Å²) in [5.41, 5.74) is 17.5. The van der Waals surface area contributed by atoms with Crippen LogP contribution in [0.3, 0.4) is 0 Å². The summed E-state index contributed by atoms with van der Waals surface area (Å²) in [5, 5.41) is 0. The van der Waals surface area contributed by atoms with Crippen LogP contribution in [0.15, 0.2) is 72.8 Å². The fourth-order valence-electron chi connectivity index (χ4n) is 7.06. The molecule has 38 heavy (non-hydrogen) atoms. The van der Waals surface area contributed by atoms with E-state index in [0.717, 1.165) is 6.42 Å². The van der Waals surface area contributed by atoms with Crippen molar-refractivity contribution in [3.05, 3.63) is 128 Å². The molecular weight excluding hydrogens is 456 g/mol. The lowest BCUT2D eigenvalue weighted by Crippen LogP contribution is -2.31. The van der Waals surface area contributed by atoms with Crippen LogP contribution in [0, 0.1) is 0 Å². The minimum absolute atomic E-state index is 0.0891. The molecule has 0 bridgehead atoms. The number of rotatable bonds is 4. The Morgan fingerprint density at radius 1 is 0.553 bits per heavy atom. The number of aryl methyl sites for hydroxylation is 4. The molecule has 0 radical (unpaired) electrons. The predicted molar refractivity (Wildman–Crippen MR) is 161 cm³/mol. The van der Waals surface area contributed by atoms with Crippen LogP contribution in [0.5, 0.6) is 0 Å². The Bertz CT molecular complexity index is 1550. The molecule has 0 saturated carbocycles. The molecule has 0 amide bonds. The second kappa shape index (κ2) is 7.95. The topological polar surface area (TPSA) is 0 Å². The Hall–Kier alpha value is -3.12. The zero-order valence-electron chi connectivity index (χ0n) is 24.0. The molecule has 3 aliphatic rings. The molecule has 0 fully saturated rings. The monoisotopic (exact) mass is 496 g/mol. The van der Waals surface area contributed by atoms with E-state index in [1.807, 2.05) is 0 Å². The normalized spacial score (nSPS) is 16.6. The van der Waals surface area contributed by atoms with Crippen molar-refractivity contribution in [1.29, 1.82) is 0 Å². The van der Waals surface area contributed by atoms with Crippen LogP contribution in [0.4, 0.5) is 0 Å². The van der Waals surface area contributed by atoms with E-state index in [1.165, 1.54) is 92.4 Å². The zero-order chi connectivity index (χ0) is 26.4. The second-order valence-electron chi connectivity index (χ2n) is 13.7. The minimum atomic E-state index is -0.305. The fraction of sp³-hybridized carbons (Fsp3) is 0.368. The van der Waals surface area contributed by atoms with Crippen LogP contribution < -0.4 is 0 Å². The van der Waals surface area contributed by atoms with Crippen LogP contribution in [-0.4, -0.2) is 0 Å². The molecule has 0 nitrogen and oxygen atoms in total. The van der Waals surface area contributed by atoms with Crippen LogP contribution in [0.1, 0.15) is 104 Å². The molecule has 0 heterocycles. The SMILES string of the molecule is CCC(C)(C)c1ccc2c(c1)C(c1ccc3c(c1)CC3)(c1ccc3c(c1)CC3)c1cc(C(C)(C)C)ccc1-2. The average Bonchev–Trinajstić information content (AvgIpc) is 3.15. The summed E-state index contributed by atoms with van der Waals surface area (Å²) in [7, 11) is 0. The molecule has 0 aliphatic heterocycles. The maximum Gasteiger partial charge on any atom is 0.0713 e. The smallest absolute Gasteiger partial charge is 0.0646 e. The van der Waals surface area contributed by atoms with Crippen molar-refractivity contribution in [3.63, 3.8) is 0 Å². The number of benzene rings is 4. The van der Waals surface area contributed by atoms with Crippen molar-refractivity contribution >= 4 is 0 Å². The molecule has 3 aliphatic carbocycles. The molecule has 0 saturated heterocycles. The van der Waals surface area contributed by atoms with Gasteiger partial charge >= 0.3 is 0 Å². The Morgan fingerprint density at radius 2 is 1.03 bits per heavy atom. The van der Waals surface area contributed by atoms with Gasteiger partial charge in [0.15, 0.2) is 0 Å². The van der Waals surface area contributed by atoms with Gasteiger partial charge in [0.1, 0.15) is 0 Å². The first kappa shape index (κ1) is 24.0. The van der Waals surface area contributed by atoms with Crippen molar-refractivity contribution in [2.45, 2.75) is 89.9 Å². The minimum Gasteiger partial charge on any atom is -0.0646 e. The third-order valence-corrected chi connectivity index (χ3v) is 10.3. The highest BCUT2D eigenvalue weighted by atomic mass is 14.5. The van der Waals surface area contributed by atoms with E-state index < -0.39 is 0 Å². The first-order valence-electron chi connectivity index (χ1n) is 14.7. The third kappa shape index (κ3) is 3.22. The van der Waals surface area contributed by atoms with E-state index in [-0.39, 0.29) is 16.2 Å².